The van der Waals surface area contributed by atoms with Crippen LogP contribution >= 0.6 is 0 Å². The van der Waals surface area contributed by atoms with Crippen LogP contribution in [0.2, 0.25) is 0 Å². The van der Waals surface area contributed by atoms with Gasteiger partial charge in [0.1, 0.15) is 11.5 Å². The van der Waals surface area contributed by atoms with Gasteiger partial charge in [-0.15, -0.1) is 0 Å². The van der Waals surface area contributed by atoms with Crippen LogP contribution in [-0.4, -0.2) is 29.7 Å². The number of benzene rings is 2. The molecule has 0 spiro atoms. The first-order valence-corrected chi connectivity index (χ1v) is 8.88. The highest BCUT2D eigenvalue weighted by Gasteiger charge is 2.14. The van der Waals surface area contributed by atoms with Gasteiger partial charge >= 0.3 is 5.97 Å². The number of nitrogens with one attached hydrogen (secondary N) is 1. The molecular formula is C21H25NO5. The highest BCUT2D eigenvalue weighted by atomic mass is 16.5. The molecule has 2 N–H and O–H groups in total. The number of carboxylic acids is 1. The number of hydrogen-bond donors (Lipinski definition) is 2. The second kappa shape index (κ2) is 10.2. The lowest BCUT2D eigenvalue weighted by atomic mass is 10.2. The lowest BCUT2D eigenvalue weighted by Crippen LogP contribution is -2.35. The average molecular weight is 371 g/mol. The number of rotatable bonds is 10. The fourth-order valence-corrected chi connectivity index (χ4v) is 2.32. The quantitative estimate of drug-likeness (QED) is 0.626. The molecule has 0 aliphatic rings. The van der Waals surface area contributed by atoms with Crippen molar-refractivity contribution in [3.63, 3.8) is 0 Å². The number of carbonyl (C=O) groups excluding carboxylic acids is 1. The molecule has 1 atom stereocenters. The van der Waals surface area contributed by atoms with Crippen LogP contribution in [0.4, 0.5) is 0 Å². The number of hydrogen-bond acceptors (Lipinski definition) is 4. The van der Waals surface area contributed by atoms with Crippen LogP contribution < -0.4 is 14.8 Å². The summed E-state index contributed by atoms with van der Waals surface area (Å²) in [5.74, 6) is 0.314. The molecule has 0 fully saturated rings. The molecular weight excluding hydrogens is 346 g/mol. The zero-order chi connectivity index (χ0) is 19.6. The lowest BCUT2D eigenvalue weighted by molar-refractivity contribution is -0.137. The number of ether oxygens (including phenoxy) is 2. The van der Waals surface area contributed by atoms with Gasteiger partial charge in [0.15, 0.2) is 6.10 Å². The van der Waals surface area contributed by atoms with Crippen molar-refractivity contribution in [2.45, 2.75) is 39.3 Å². The smallest absolute Gasteiger partial charge is 0.303 e. The molecule has 0 saturated heterocycles. The zero-order valence-electron chi connectivity index (χ0n) is 15.6. The van der Waals surface area contributed by atoms with Gasteiger partial charge in [-0.3, -0.25) is 9.59 Å². The van der Waals surface area contributed by atoms with Crippen LogP contribution in [0.15, 0.2) is 48.5 Å². The summed E-state index contributed by atoms with van der Waals surface area (Å²) in [5.41, 5.74) is 2.07. The Morgan fingerprint density at radius 3 is 2.30 bits per heavy atom. The number of carboxylic acid groups (broad SMARTS) is 1. The highest BCUT2D eigenvalue weighted by molar-refractivity contribution is 5.80. The number of amides is 1. The van der Waals surface area contributed by atoms with Crippen LogP contribution in [0.25, 0.3) is 0 Å². The number of aliphatic carboxylic acids is 1. The maximum Gasteiger partial charge on any atom is 0.303 e. The first kappa shape index (κ1) is 20.3. The molecule has 0 aliphatic carbocycles. The van der Waals surface area contributed by atoms with Gasteiger partial charge in [-0.05, 0) is 50.1 Å². The minimum Gasteiger partial charge on any atom is -0.494 e. The third kappa shape index (κ3) is 7.40. The molecule has 1 amide bonds. The van der Waals surface area contributed by atoms with E-state index in [-0.39, 0.29) is 12.3 Å². The van der Waals surface area contributed by atoms with Crippen LogP contribution in [0.3, 0.4) is 0 Å². The van der Waals surface area contributed by atoms with Gasteiger partial charge in [0.2, 0.25) is 0 Å². The first-order valence-electron chi connectivity index (χ1n) is 8.88. The molecule has 2 rings (SSSR count). The van der Waals surface area contributed by atoms with Crippen molar-refractivity contribution < 1.29 is 24.2 Å². The van der Waals surface area contributed by atoms with E-state index in [2.05, 4.69) is 5.32 Å². The minimum absolute atomic E-state index is 0.0902. The SMILES string of the molecule is Cc1ccc(OC(C)C(=O)NCc2ccc(OCCCC(=O)O)cc2)cc1. The van der Waals surface area contributed by atoms with E-state index in [1.165, 1.54) is 0 Å². The van der Waals surface area contributed by atoms with Crippen molar-refractivity contribution in [1.82, 2.24) is 5.32 Å². The topological polar surface area (TPSA) is 84.9 Å². The van der Waals surface area contributed by atoms with Crippen molar-refractivity contribution >= 4 is 11.9 Å². The molecule has 0 bridgehead atoms. The molecule has 0 saturated carbocycles. The Labute approximate surface area is 159 Å². The van der Waals surface area contributed by atoms with Crippen molar-refractivity contribution in [2.24, 2.45) is 0 Å². The third-order valence-corrected chi connectivity index (χ3v) is 3.90. The fourth-order valence-electron chi connectivity index (χ4n) is 2.32. The summed E-state index contributed by atoms with van der Waals surface area (Å²) < 4.78 is 11.1. The zero-order valence-corrected chi connectivity index (χ0v) is 15.6. The van der Waals surface area contributed by atoms with E-state index in [9.17, 15) is 9.59 Å². The molecule has 0 aromatic heterocycles. The lowest BCUT2D eigenvalue weighted by Gasteiger charge is -2.15. The summed E-state index contributed by atoms with van der Waals surface area (Å²) in [4.78, 5) is 22.6. The standard InChI is InChI=1S/C21H25NO5/c1-15-5-9-19(10-6-15)27-16(2)21(25)22-14-17-7-11-18(12-8-17)26-13-3-4-20(23)24/h5-12,16H,3-4,13-14H2,1-2H3,(H,22,25)(H,23,24). The largest absolute Gasteiger partial charge is 0.494 e. The van der Waals surface area contributed by atoms with E-state index in [0.29, 0.717) is 31.1 Å². The summed E-state index contributed by atoms with van der Waals surface area (Å²) in [6, 6.07) is 14.9. The van der Waals surface area contributed by atoms with Crippen LogP contribution in [0.1, 0.15) is 30.9 Å². The van der Waals surface area contributed by atoms with Gasteiger partial charge in [0.25, 0.3) is 5.91 Å². The monoisotopic (exact) mass is 371 g/mol. The summed E-state index contributed by atoms with van der Waals surface area (Å²) in [6.07, 6.45) is -0.0385. The maximum atomic E-state index is 12.2. The van der Waals surface area contributed by atoms with Crippen molar-refractivity contribution in [2.75, 3.05) is 6.61 Å². The summed E-state index contributed by atoms with van der Waals surface area (Å²) >= 11 is 0. The Balaban J connectivity index is 1.74. The Kier molecular flexibility index (Phi) is 7.67. The van der Waals surface area contributed by atoms with E-state index in [4.69, 9.17) is 14.6 Å². The predicted octanol–water partition coefficient (Wildman–Crippen LogP) is 3.32. The normalized spacial score (nSPS) is 11.5. The summed E-state index contributed by atoms with van der Waals surface area (Å²) in [6.45, 7) is 4.45. The molecule has 1 unspecified atom stereocenters. The second-order valence-electron chi connectivity index (χ2n) is 6.28. The average Bonchev–Trinajstić information content (AvgIpc) is 2.66. The van der Waals surface area contributed by atoms with Gasteiger partial charge in [-0.25, -0.2) is 0 Å². The van der Waals surface area contributed by atoms with Crippen molar-refractivity contribution in [1.29, 1.82) is 0 Å². The third-order valence-electron chi connectivity index (χ3n) is 3.90. The molecule has 2 aromatic rings. The van der Waals surface area contributed by atoms with Crippen LogP contribution in [-0.2, 0) is 16.1 Å². The van der Waals surface area contributed by atoms with Gasteiger partial charge in [-0.2, -0.15) is 0 Å². The first-order chi connectivity index (χ1) is 12.9. The van der Waals surface area contributed by atoms with Crippen LogP contribution in [0, 0.1) is 6.92 Å². The van der Waals surface area contributed by atoms with E-state index in [1.807, 2.05) is 43.3 Å². The molecule has 2 aromatic carbocycles. The van der Waals surface area contributed by atoms with Crippen molar-refractivity contribution in [3.8, 4) is 11.5 Å². The number of carbonyl (C=O) groups is 2. The Bertz CT molecular complexity index is 740. The summed E-state index contributed by atoms with van der Waals surface area (Å²) in [5, 5.41) is 11.4. The molecule has 0 aliphatic heterocycles. The van der Waals surface area contributed by atoms with Crippen LogP contribution in [0.5, 0.6) is 11.5 Å². The van der Waals surface area contributed by atoms with Gasteiger partial charge in [0.05, 0.1) is 6.61 Å². The van der Waals surface area contributed by atoms with E-state index < -0.39 is 12.1 Å². The minimum atomic E-state index is -0.828. The predicted molar refractivity (Wildman–Crippen MR) is 102 cm³/mol. The molecule has 6 nitrogen and oxygen atoms in total. The van der Waals surface area contributed by atoms with Crippen molar-refractivity contribution in [3.05, 3.63) is 59.7 Å². The van der Waals surface area contributed by atoms with Gasteiger partial charge in [-0.1, -0.05) is 29.8 Å². The highest BCUT2D eigenvalue weighted by Crippen LogP contribution is 2.14. The number of aryl methyl sites for hydroxylation is 1. The Hall–Kier alpha value is -3.02. The molecule has 6 heteroatoms. The Morgan fingerprint density at radius 1 is 1.04 bits per heavy atom. The molecule has 0 radical (unpaired) electrons. The fraction of sp³-hybridized carbons (Fsp3) is 0.333. The van der Waals surface area contributed by atoms with Gasteiger partial charge in [0, 0.05) is 13.0 Å². The maximum absolute atomic E-state index is 12.2. The molecule has 144 valence electrons. The summed E-state index contributed by atoms with van der Waals surface area (Å²) in [7, 11) is 0. The Morgan fingerprint density at radius 2 is 1.67 bits per heavy atom. The second-order valence-corrected chi connectivity index (χ2v) is 6.28. The van der Waals surface area contributed by atoms with Gasteiger partial charge < -0.3 is 19.9 Å². The van der Waals surface area contributed by atoms with E-state index >= 15 is 0 Å². The van der Waals surface area contributed by atoms with E-state index in [1.54, 1.807) is 19.1 Å². The van der Waals surface area contributed by atoms with E-state index in [0.717, 1.165) is 11.1 Å². The molecule has 0 heterocycles. The molecule has 27 heavy (non-hydrogen) atoms.